The van der Waals surface area contributed by atoms with Crippen LogP contribution >= 0.6 is 34.3 Å². The van der Waals surface area contributed by atoms with Crippen molar-refractivity contribution >= 4 is 44.5 Å². The molecule has 3 aromatic rings. The Labute approximate surface area is 98.4 Å². The summed E-state index contributed by atoms with van der Waals surface area (Å²) in [7, 11) is 0. The predicted molar refractivity (Wildman–Crippen MR) is 63.5 cm³/mol. The van der Waals surface area contributed by atoms with Gasteiger partial charge in [-0.05, 0) is 6.07 Å². The van der Waals surface area contributed by atoms with Crippen LogP contribution in [0.4, 0.5) is 0 Å². The molecule has 0 aliphatic heterocycles. The summed E-state index contributed by atoms with van der Waals surface area (Å²) in [5, 5.41) is 0.515. The molecule has 0 aliphatic rings. The summed E-state index contributed by atoms with van der Waals surface area (Å²) in [6.07, 6.45) is 3.32. The molecule has 0 spiro atoms. The Morgan fingerprint density at radius 1 is 1.20 bits per heavy atom. The van der Waals surface area contributed by atoms with E-state index in [0.29, 0.717) is 5.15 Å². The van der Waals surface area contributed by atoms with Crippen LogP contribution in [0, 0.1) is 0 Å². The zero-order valence-electron chi connectivity index (χ0n) is 7.35. The van der Waals surface area contributed by atoms with E-state index >= 15 is 0 Å². The minimum absolute atomic E-state index is 0.515. The summed E-state index contributed by atoms with van der Waals surface area (Å²) in [4.78, 5) is 14.4. The molecule has 3 aromatic heterocycles. The fraction of sp³-hybridized carbons (Fsp3) is 0. The van der Waals surface area contributed by atoms with Crippen LogP contribution in [0.1, 0.15) is 0 Å². The topological polar surface area (TPSA) is 38.7 Å². The Morgan fingerprint density at radius 2 is 2.13 bits per heavy atom. The maximum absolute atomic E-state index is 5.98. The second-order valence-corrected chi connectivity index (χ2v) is 5.15. The van der Waals surface area contributed by atoms with Gasteiger partial charge in [0.25, 0.3) is 0 Å². The molecular weight excluding hydrogens is 250 g/mol. The van der Waals surface area contributed by atoms with Crippen LogP contribution in [-0.2, 0) is 0 Å². The van der Waals surface area contributed by atoms with Crippen molar-refractivity contribution in [2.24, 2.45) is 0 Å². The molecule has 0 bridgehead atoms. The molecule has 3 nitrogen and oxygen atoms in total. The van der Waals surface area contributed by atoms with Gasteiger partial charge >= 0.3 is 0 Å². The predicted octanol–water partition coefficient (Wildman–Crippen LogP) is 3.47. The quantitative estimate of drug-likeness (QED) is 0.624. The van der Waals surface area contributed by atoms with Gasteiger partial charge in [-0.3, -0.25) is 4.98 Å². The van der Waals surface area contributed by atoms with Gasteiger partial charge in [0.15, 0.2) is 0 Å². The Kier molecular flexibility index (Phi) is 2.16. The van der Waals surface area contributed by atoms with E-state index in [4.69, 9.17) is 11.6 Å². The lowest BCUT2D eigenvalue weighted by molar-refractivity contribution is 1.23. The largest absolute Gasteiger partial charge is 0.252 e. The molecule has 3 rings (SSSR count). The summed E-state index contributed by atoms with van der Waals surface area (Å²) in [5.41, 5.74) is 2.70. The first-order chi connectivity index (χ1) is 7.34. The molecule has 0 saturated heterocycles. The highest BCUT2D eigenvalue weighted by Gasteiger charge is 2.09. The number of thiophene rings is 1. The molecule has 0 unspecified atom stereocenters. The van der Waals surface area contributed by atoms with Crippen molar-refractivity contribution in [1.82, 2.24) is 15.0 Å². The average molecular weight is 254 g/mol. The smallest absolute Gasteiger partial charge is 0.150 e. The number of nitrogens with zero attached hydrogens (tertiary/aromatic N) is 3. The monoisotopic (exact) mass is 253 g/mol. The van der Waals surface area contributed by atoms with Gasteiger partial charge in [-0.15, -0.1) is 22.7 Å². The van der Waals surface area contributed by atoms with Crippen molar-refractivity contribution < 1.29 is 0 Å². The van der Waals surface area contributed by atoms with Gasteiger partial charge in [0.05, 0.1) is 20.6 Å². The summed E-state index contributed by atoms with van der Waals surface area (Å²) in [6.45, 7) is 0. The molecule has 0 amide bonds. The van der Waals surface area contributed by atoms with Crippen LogP contribution in [-0.4, -0.2) is 15.0 Å². The number of halogens is 1. The Balaban J connectivity index is 2.27. The highest BCUT2D eigenvalue weighted by molar-refractivity contribution is 7.25. The highest BCUT2D eigenvalue weighted by Crippen LogP contribution is 2.36. The highest BCUT2D eigenvalue weighted by atomic mass is 35.5. The first-order valence-corrected chi connectivity index (χ1v) is 6.21. The van der Waals surface area contributed by atoms with Gasteiger partial charge in [0.1, 0.15) is 11.5 Å². The SMILES string of the molecule is Clc1ncnc2cc(-c3cncs3)sc12. The van der Waals surface area contributed by atoms with E-state index < -0.39 is 0 Å². The average Bonchev–Trinajstić information content (AvgIpc) is 2.86. The van der Waals surface area contributed by atoms with Gasteiger partial charge in [-0.25, -0.2) is 9.97 Å². The van der Waals surface area contributed by atoms with Crippen LogP contribution < -0.4 is 0 Å². The molecule has 3 heterocycles. The second-order valence-electron chi connectivity index (χ2n) is 2.86. The van der Waals surface area contributed by atoms with Gasteiger partial charge in [-0.2, -0.15) is 0 Å². The standard InChI is InChI=1S/C9H4ClN3S2/c10-9-8-5(12-3-13-9)1-6(15-8)7-2-11-4-14-7/h1-4H. The molecule has 74 valence electrons. The van der Waals surface area contributed by atoms with E-state index in [1.54, 1.807) is 22.7 Å². The number of hydrogen-bond acceptors (Lipinski definition) is 5. The molecule has 15 heavy (non-hydrogen) atoms. The normalized spacial score (nSPS) is 11.0. The third-order valence-corrected chi connectivity index (χ3v) is 4.44. The lowest BCUT2D eigenvalue weighted by Gasteiger charge is -1.87. The third-order valence-electron chi connectivity index (χ3n) is 1.94. The van der Waals surface area contributed by atoms with Crippen molar-refractivity contribution in [1.29, 1.82) is 0 Å². The number of rotatable bonds is 1. The Bertz CT molecular complexity index is 603. The minimum atomic E-state index is 0.515. The second kappa shape index (κ2) is 3.52. The number of hydrogen-bond donors (Lipinski definition) is 0. The van der Waals surface area contributed by atoms with Gasteiger partial charge in [-0.1, -0.05) is 11.6 Å². The van der Waals surface area contributed by atoms with E-state index in [1.807, 2.05) is 17.8 Å². The van der Waals surface area contributed by atoms with Crippen LogP contribution in [0.25, 0.3) is 20.0 Å². The van der Waals surface area contributed by atoms with Crippen molar-refractivity contribution in [2.45, 2.75) is 0 Å². The zero-order chi connectivity index (χ0) is 10.3. The van der Waals surface area contributed by atoms with E-state index in [2.05, 4.69) is 15.0 Å². The van der Waals surface area contributed by atoms with Crippen LogP contribution in [0.5, 0.6) is 0 Å². The first-order valence-electron chi connectivity index (χ1n) is 4.13. The Hall–Kier alpha value is -1.04. The molecule has 0 aliphatic carbocycles. The summed E-state index contributed by atoms with van der Waals surface area (Å²) in [6, 6.07) is 2.01. The van der Waals surface area contributed by atoms with Crippen molar-refractivity contribution in [3.8, 4) is 9.75 Å². The van der Waals surface area contributed by atoms with Crippen molar-refractivity contribution in [3.63, 3.8) is 0 Å². The molecule has 0 fully saturated rings. The van der Waals surface area contributed by atoms with Crippen molar-refractivity contribution in [2.75, 3.05) is 0 Å². The van der Waals surface area contributed by atoms with Gasteiger partial charge in [0.2, 0.25) is 0 Å². The molecular formula is C9H4ClN3S2. The lowest BCUT2D eigenvalue weighted by atomic mass is 10.4. The third kappa shape index (κ3) is 1.52. The summed E-state index contributed by atoms with van der Waals surface area (Å²) >= 11 is 9.18. The van der Waals surface area contributed by atoms with Gasteiger partial charge < -0.3 is 0 Å². The molecule has 0 N–H and O–H groups in total. The fourth-order valence-corrected chi connectivity index (χ4v) is 3.24. The van der Waals surface area contributed by atoms with Crippen LogP contribution in [0.15, 0.2) is 24.1 Å². The summed E-state index contributed by atoms with van der Waals surface area (Å²) < 4.78 is 0.933. The van der Waals surface area contributed by atoms with Crippen molar-refractivity contribution in [3.05, 3.63) is 29.3 Å². The minimum Gasteiger partial charge on any atom is -0.252 e. The van der Waals surface area contributed by atoms with Gasteiger partial charge in [0, 0.05) is 11.1 Å². The molecule has 0 radical (unpaired) electrons. The van der Waals surface area contributed by atoms with Crippen LogP contribution in [0.2, 0.25) is 5.15 Å². The van der Waals surface area contributed by atoms with E-state index in [-0.39, 0.29) is 0 Å². The Morgan fingerprint density at radius 3 is 2.87 bits per heavy atom. The first kappa shape index (κ1) is 9.21. The number of thiazole rings is 1. The summed E-state index contributed by atoms with van der Waals surface area (Å²) in [5.74, 6) is 0. The number of aromatic nitrogens is 3. The van der Waals surface area contributed by atoms with E-state index in [9.17, 15) is 0 Å². The maximum atomic E-state index is 5.98. The van der Waals surface area contributed by atoms with E-state index in [1.165, 1.54) is 6.33 Å². The lowest BCUT2D eigenvalue weighted by Crippen LogP contribution is -1.76. The molecule has 0 aromatic carbocycles. The fourth-order valence-electron chi connectivity index (χ4n) is 1.28. The maximum Gasteiger partial charge on any atom is 0.150 e. The molecule has 6 heteroatoms. The molecule has 0 atom stereocenters. The number of fused-ring (bicyclic) bond motifs is 1. The molecule has 0 saturated carbocycles. The van der Waals surface area contributed by atoms with E-state index in [0.717, 1.165) is 20.0 Å². The zero-order valence-corrected chi connectivity index (χ0v) is 9.73. The van der Waals surface area contributed by atoms with Crippen LogP contribution in [0.3, 0.4) is 0 Å².